The highest BCUT2D eigenvalue weighted by molar-refractivity contribution is 7.98. The maximum atomic E-state index is 15.2. The molecule has 0 spiro atoms. The van der Waals surface area contributed by atoms with E-state index in [1.807, 2.05) is 20.1 Å². The number of aromatic hydroxyl groups is 1. The van der Waals surface area contributed by atoms with Crippen molar-refractivity contribution in [1.82, 2.24) is 63.0 Å². The number of hydrogen-bond acceptors (Lipinski definition) is 25. The number of carbonyl (C=O) groups is 13. The van der Waals surface area contributed by atoms with Crippen molar-refractivity contribution < 1.29 is 108 Å². The Kier molecular flexibility index (Phi) is 45.0. The van der Waals surface area contributed by atoms with Crippen LogP contribution in [0.2, 0.25) is 0 Å². The topological polar surface area (TPSA) is 546 Å². The van der Waals surface area contributed by atoms with E-state index in [2.05, 4.69) is 73.9 Å². The first-order chi connectivity index (χ1) is 59.2. The molecule has 3 aromatic carbocycles. The van der Waals surface area contributed by atoms with Gasteiger partial charge in [-0.05, 0) is 130 Å². The van der Waals surface area contributed by atoms with Crippen molar-refractivity contribution in [3.63, 3.8) is 0 Å². The number of amides is 11. The third kappa shape index (κ3) is 33.9. The van der Waals surface area contributed by atoms with E-state index in [9.17, 15) is 88.8 Å². The van der Waals surface area contributed by atoms with Gasteiger partial charge in [-0.25, -0.2) is 4.79 Å². The molecular weight excluding hydrogens is 1620 g/mol. The molecule has 3 aromatic rings. The molecule has 3 saturated heterocycles. The number of phenols is 1. The van der Waals surface area contributed by atoms with Crippen LogP contribution < -0.4 is 58.9 Å². The Balaban J connectivity index is 1.33. The molecule has 3 aliphatic rings. The van der Waals surface area contributed by atoms with Crippen molar-refractivity contribution in [3.05, 3.63) is 102 Å². The van der Waals surface area contributed by atoms with Crippen LogP contribution in [-0.2, 0) is 75.3 Å². The van der Waals surface area contributed by atoms with Crippen molar-refractivity contribution in [1.29, 1.82) is 0 Å². The Morgan fingerprint density at radius 2 is 1.25 bits per heavy atom. The number of fused-ring (bicyclic) bond motifs is 2. The number of nitrogens with two attached hydrogens (primary N) is 1. The maximum absolute atomic E-state index is 15.2. The zero-order chi connectivity index (χ0) is 91.1. The average molecular weight is 1760 g/mol. The second kappa shape index (κ2) is 53.9. The van der Waals surface area contributed by atoms with E-state index in [-0.39, 0.29) is 88.4 Å². The summed E-state index contributed by atoms with van der Waals surface area (Å²) in [4.78, 5) is 188. The number of phenolic OH excluding ortho intramolecular Hbond substituents is 1. The summed E-state index contributed by atoms with van der Waals surface area (Å²) < 4.78 is 5.52. The number of rotatable bonds is 47. The van der Waals surface area contributed by atoms with Crippen LogP contribution >= 0.6 is 11.8 Å². The number of Topliss-reactive ketones (excluding diaryl/α,β-unsaturated/α-hetero) is 2. The van der Waals surface area contributed by atoms with Gasteiger partial charge in [-0.3, -0.25) is 62.9 Å². The molecule has 0 bridgehead atoms. The summed E-state index contributed by atoms with van der Waals surface area (Å²) >= 11 is 1.47. The van der Waals surface area contributed by atoms with Crippen LogP contribution in [0.4, 0.5) is 4.79 Å². The third-order valence-electron chi connectivity index (χ3n) is 23.0. The highest BCUT2D eigenvalue weighted by Crippen LogP contribution is 2.32. The van der Waals surface area contributed by atoms with E-state index in [0.29, 0.717) is 48.0 Å². The van der Waals surface area contributed by atoms with Gasteiger partial charge in [0.15, 0.2) is 5.78 Å². The molecule has 0 radical (unpaired) electrons. The fraction of sp³-hybridized carbons (Fsp3) is 0.648. The molecule has 0 aliphatic carbocycles. The second-order valence-corrected chi connectivity index (χ2v) is 34.6. The minimum atomic E-state index is -2.26. The summed E-state index contributed by atoms with van der Waals surface area (Å²) in [6.45, 7) is 9.11. The predicted octanol–water partition coefficient (Wildman–Crippen LogP) is 1.34. The van der Waals surface area contributed by atoms with Crippen molar-refractivity contribution in [2.75, 3.05) is 51.3 Å². The summed E-state index contributed by atoms with van der Waals surface area (Å²) in [7, 11) is 0. The number of ether oxygens (including phenoxy) is 1. The van der Waals surface area contributed by atoms with Gasteiger partial charge in [0.2, 0.25) is 59.6 Å². The molecule has 3 fully saturated rings. The van der Waals surface area contributed by atoms with Gasteiger partial charge in [0.1, 0.15) is 72.7 Å². The summed E-state index contributed by atoms with van der Waals surface area (Å²) in [6, 6.07) is 9.92. The molecule has 124 heavy (non-hydrogen) atoms. The number of ketones is 2. The van der Waals surface area contributed by atoms with Gasteiger partial charge in [-0.1, -0.05) is 152 Å². The largest absolute Gasteiger partial charge is 0.508 e. The Morgan fingerprint density at radius 1 is 0.629 bits per heavy atom. The van der Waals surface area contributed by atoms with E-state index in [1.54, 1.807) is 60.7 Å². The number of unbranched alkanes of at least 4 members (excludes halogenated alkanes) is 5. The molecule has 11 amide bonds. The summed E-state index contributed by atoms with van der Waals surface area (Å²) in [5.41, 5.74) is 7.11. The number of carbonyl (C=O) groups excluding carboxylic acids is 13. The normalized spacial score (nSPS) is 23.0. The minimum Gasteiger partial charge on any atom is -0.508 e. The predicted molar refractivity (Wildman–Crippen MR) is 462 cm³/mol. The molecule has 690 valence electrons. The number of aliphatic hydroxyl groups excluding tert-OH is 7. The third-order valence-corrected chi connectivity index (χ3v) is 23.7. The molecule has 0 saturated carbocycles. The molecule has 20 N–H and O–H groups in total. The molecule has 35 nitrogen and oxygen atoms in total. The van der Waals surface area contributed by atoms with Crippen LogP contribution in [0.15, 0.2) is 84.9 Å². The second-order valence-electron chi connectivity index (χ2n) is 33.6. The van der Waals surface area contributed by atoms with Gasteiger partial charge in [-0.2, -0.15) is 11.8 Å². The molecule has 0 aromatic heterocycles. The van der Waals surface area contributed by atoms with Gasteiger partial charge >= 0.3 is 6.09 Å². The standard InChI is InChI=1S/C88H135N13O22S/c1-8-53(4)43-54(5)22-15-11-9-10-12-20-27-61(105)45-59-46-72(110)78(90-38-39-92-81(115)65(96-88(122)123-50-57-25-18-14-19-26-57)28-21-37-91-82(116)67(44-56-23-16-13-17-24-56)95-84(118)66(42-52(2)3)94-83(117)64(93-51-102)35-41-124-7)99-85(119)75-70(108)34-40-100(75)87(121)74(69(107)33-36-89)98-80(114)63(77(112)76(111)58-29-31-60(104)32-30-58)48-71(109)68-47-62(106)49-101(68)86(120)73(55(6)103)97-79(59)113/h13-14,16-19,23-26,29-32,51-55,59,62-70,72-78,90,103-104,106-108,110-112H,8-12,15,20-22,27-28,33-50,89H2,1-7H3,(H,91,116)(H,92,115)(H,93,102)(H,94,117)(H,95,118)(H,96,122)(H,97,113)(H,98,114)(H,99,119)/t53-,54+,55+,59-,62+,63-,64-,65-,66-,67-,68-,69+,70-,72+,73-,74-,75-,76-,77-,78-/m0/s1. The van der Waals surface area contributed by atoms with E-state index >= 15 is 14.4 Å². The van der Waals surface area contributed by atoms with Gasteiger partial charge in [-0.15, -0.1) is 0 Å². The fourth-order valence-corrected chi connectivity index (χ4v) is 16.3. The van der Waals surface area contributed by atoms with Gasteiger partial charge in [0.25, 0.3) is 0 Å². The maximum Gasteiger partial charge on any atom is 0.408 e. The molecule has 20 atom stereocenters. The number of benzene rings is 3. The van der Waals surface area contributed by atoms with E-state index in [4.69, 9.17) is 10.5 Å². The zero-order valence-electron chi connectivity index (χ0n) is 72.5. The number of nitrogens with zero attached hydrogens (tertiary/aromatic N) is 2. The van der Waals surface area contributed by atoms with Crippen molar-refractivity contribution >= 4 is 89.0 Å². The Hall–Kier alpha value is -9.24. The van der Waals surface area contributed by atoms with Crippen LogP contribution in [0.5, 0.6) is 5.75 Å². The monoisotopic (exact) mass is 1760 g/mol. The van der Waals surface area contributed by atoms with E-state index in [1.165, 1.54) is 36.0 Å². The Bertz CT molecular complexity index is 3880. The lowest BCUT2D eigenvalue weighted by atomic mass is 9.86. The first-order valence-corrected chi connectivity index (χ1v) is 45.0. The molecule has 3 heterocycles. The van der Waals surface area contributed by atoms with Gasteiger partial charge in [0.05, 0.1) is 48.6 Å². The molecule has 0 unspecified atom stereocenters. The van der Waals surface area contributed by atoms with Gasteiger partial charge in [0, 0.05) is 70.7 Å². The number of hydrogen-bond donors (Lipinski definition) is 19. The van der Waals surface area contributed by atoms with Crippen LogP contribution in [0.1, 0.15) is 193 Å². The van der Waals surface area contributed by atoms with Gasteiger partial charge < -0.3 is 109 Å². The summed E-state index contributed by atoms with van der Waals surface area (Å²) in [5, 5.41) is 119. The SMILES string of the molecule is CC[C@H](C)C[C@H](C)CCCCCCCCC(=O)C[C@H]1C[C@@H](O)[C@@H](NCCNC(=O)[C@H](CCCNC(=O)[C@H](Cc2ccccc2)NC(=O)[C@H](CC(C)C)NC(=O)[C@H](CCSC)NC=O)NC(=O)OCc2ccccc2)NC(=O)[C@@H]2[C@@H](O)CCN2C(=O)[C@H]([C@H](O)CCN)NC(=O)[C@H]([C@H](O)[C@@H](O)c2ccc(O)cc2)CC(=O)[C@@H]2C[C@@H](O)CN2C(=O)[C@H]([C@@H](C)O)NC1=O. The lowest BCUT2D eigenvalue weighted by Crippen LogP contribution is -2.63. The number of nitrogens with one attached hydrogen (secondary N) is 10. The number of alkyl carbamates (subject to hydrolysis) is 1. The van der Waals surface area contributed by atoms with E-state index in [0.717, 1.165) is 61.7 Å². The fourth-order valence-electron chi connectivity index (χ4n) is 15.8. The van der Waals surface area contributed by atoms with E-state index < -0.39 is 232 Å². The first kappa shape index (κ1) is 104. The lowest BCUT2D eigenvalue weighted by Gasteiger charge is -2.34. The van der Waals surface area contributed by atoms with Crippen LogP contribution in [0.3, 0.4) is 0 Å². The van der Waals surface area contributed by atoms with Crippen LogP contribution in [0, 0.1) is 29.6 Å². The minimum absolute atomic E-state index is 0.00521. The summed E-state index contributed by atoms with van der Waals surface area (Å²) in [5.74, 6) is -12.4. The van der Waals surface area contributed by atoms with Crippen LogP contribution in [0.25, 0.3) is 0 Å². The highest BCUT2D eigenvalue weighted by Gasteiger charge is 2.49. The van der Waals surface area contributed by atoms with Crippen molar-refractivity contribution in [3.8, 4) is 5.75 Å². The quantitative estimate of drug-likeness (QED) is 0.0280. The summed E-state index contributed by atoms with van der Waals surface area (Å²) in [6.07, 6.45) is -8.65. The first-order valence-electron chi connectivity index (χ1n) is 43.6. The number of thioether (sulfide) groups is 1. The Labute approximate surface area is 730 Å². The molecule has 3 aliphatic heterocycles. The Morgan fingerprint density at radius 3 is 1.90 bits per heavy atom. The zero-order valence-corrected chi connectivity index (χ0v) is 73.3. The smallest absolute Gasteiger partial charge is 0.408 e. The molecular formula is C88H135N13O22S. The average Bonchev–Trinajstić information content (AvgIpc) is 1.60. The highest BCUT2D eigenvalue weighted by atomic mass is 32.2. The molecule has 36 heteroatoms. The lowest BCUT2D eigenvalue weighted by molar-refractivity contribution is -0.149. The van der Waals surface area contributed by atoms with Crippen LogP contribution in [-0.4, -0.2) is 270 Å². The number of aliphatic hydroxyl groups is 7. The van der Waals surface area contributed by atoms with Crippen molar-refractivity contribution in [2.24, 2.45) is 35.3 Å². The van der Waals surface area contributed by atoms with Crippen molar-refractivity contribution in [2.45, 2.75) is 280 Å². The molecule has 6 rings (SSSR count).